The monoisotopic (exact) mass is 367 g/mol. The first-order valence-electron chi connectivity index (χ1n) is 9.35. The van der Waals surface area contributed by atoms with E-state index in [-0.39, 0.29) is 23.3 Å². The van der Waals surface area contributed by atoms with Crippen molar-refractivity contribution in [1.82, 2.24) is 14.9 Å². The first-order chi connectivity index (χ1) is 13.1. The Morgan fingerprint density at radius 3 is 2.52 bits per heavy atom. The minimum Gasteiger partial charge on any atom is -0.494 e. The summed E-state index contributed by atoms with van der Waals surface area (Å²) in [7, 11) is 3.34. The van der Waals surface area contributed by atoms with E-state index in [9.17, 15) is 4.79 Å². The van der Waals surface area contributed by atoms with Gasteiger partial charge in [0.25, 0.3) is 5.91 Å². The number of carbonyl (C=O) groups excluding carboxylic acids is 1. The minimum absolute atomic E-state index is 0.0968. The fourth-order valence-electron chi connectivity index (χ4n) is 4.48. The zero-order chi connectivity index (χ0) is 19.0. The highest BCUT2D eigenvalue weighted by atomic mass is 16.5. The van der Waals surface area contributed by atoms with Gasteiger partial charge in [0.1, 0.15) is 0 Å². The highest BCUT2D eigenvalue weighted by molar-refractivity contribution is 5.90. The van der Waals surface area contributed by atoms with Crippen LogP contribution in [0.1, 0.15) is 52.7 Å². The number of hydrogen-bond donors (Lipinski definition) is 0. The van der Waals surface area contributed by atoms with Gasteiger partial charge in [-0.2, -0.15) is 0 Å². The van der Waals surface area contributed by atoms with Crippen LogP contribution in [0.3, 0.4) is 0 Å². The molecule has 1 saturated heterocycles. The molecule has 2 aliphatic rings. The number of rotatable bonds is 3. The van der Waals surface area contributed by atoms with E-state index in [0.717, 1.165) is 19.3 Å². The van der Waals surface area contributed by atoms with Crippen LogP contribution in [0.25, 0.3) is 0 Å². The molecule has 1 aromatic heterocycles. The van der Waals surface area contributed by atoms with Crippen molar-refractivity contribution in [3.8, 4) is 5.75 Å². The maximum Gasteiger partial charge on any atom is 0.291 e. The number of fused-ring (bicyclic) bond motifs is 2. The lowest BCUT2D eigenvalue weighted by Crippen LogP contribution is -2.45. The van der Waals surface area contributed by atoms with Crippen molar-refractivity contribution in [2.45, 2.75) is 37.7 Å². The average Bonchev–Trinajstić information content (AvgIpc) is 3.01. The van der Waals surface area contributed by atoms with Gasteiger partial charge in [0.05, 0.1) is 25.6 Å². The normalized spacial score (nSPS) is 20.6. The molecule has 1 unspecified atom stereocenters. The van der Waals surface area contributed by atoms with Crippen LogP contribution in [0.2, 0.25) is 0 Å². The number of aryl methyl sites for hydroxylation is 1. The largest absolute Gasteiger partial charge is 0.494 e. The Balaban J connectivity index is 1.52. The van der Waals surface area contributed by atoms with Gasteiger partial charge >= 0.3 is 0 Å². The maximum atomic E-state index is 12.8. The van der Waals surface area contributed by atoms with Crippen LogP contribution in [0.5, 0.6) is 5.75 Å². The van der Waals surface area contributed by atoms with Crippen molar-refractivity contribution >= 4 is 5.91 Å². The topological polar surface area (TPSA) is 64.5 Å². The zero-order valence-electron chi connectivity index (χ0n) is 16.1. The number of nitrogens with zero attached hydrogens (tertiary/aromatic N) is 3. The van der Waals surface area contributed by atoms with Gasteiger partial charge in [-0.25, -0.2) is 9.97 Å². The van der Waals surface area contributed by atoms with Crippen LogP contribution in [-0.4, -0.2) is 48.1 Å². The molecule has 0 bridgehead atoms. The summed E-state index contributed by atoms with van der Waals surface area (Å²) >= 11 is 0. The van der Waals surface area contributed by atoms with E-state index in [1.54, 1.807) is 14.2 Å². The molecule has 1 aliphatic carbocycles. The second kappa shape index (κ2) is 6.93. The molecule has 2 heterocycles. The standard InChI is InChI=1S/C21H25N3O3/c1-14-4-5-16-17(10-14)21(11-18(16)27-3)6-8-24(9-7-21)20(25)19-22-12-15(26-2)13-23-19/h4-5,10,12-13,18H,6-9,11H2,1-3H3. The van der Waals surface area contributed by atoms with Crippen molar-refractivity contribution in [3.05, 3.63) is 53.1 Å². The van der Waals surface area contributed by atoms with Crippen molar-refractivity contribution in [1.29, 1.82) is 0 Å². The Bertz CT molecular complexity index is 842. The molecule has 2 aromatic rings. The number of hydrogen-bond acceptors (Lipinski definition) is 5. The van der Waals surface area contributed by atoms with E-state index in [4.69, 9.17) is 9.47 Å². The second-order valence-electron chi connectivity index (χ2n) is 7.54. The van der Waals surface area contributed by atoms with E-state index in [1.165, 1.54) is 29.1 Å². The zero-order valence-corrected chi connectivity index (χ0v) is 16.1. The van der Waals surface area contributed by atoms with Crippen LogP contribution in [-0.2, 0) is 10.2 Å². The molecule has 1 aromatic carbocycles. The van der Waals surface area contributed by atoms with Crippen LogP contribution in [0.4, 0.5) is 0 Å². The molecule has 1 spiro atoms. The van der Waals surface area contributed by atoms with Crippen LogP contribution >= 0.6 is 0 Å². The lowest BCUT2D eigenvalue weighted by atomic mass is 9.73. The molecule has 1 amide bonds. The van der Waals surface area contributed by atoms with Gasteiger partial charge in [-0.1, -0.05) is 23.8 Å². The Labute approximate surface area is 159 Å². The predicted octanol–water partition coefficient (Wildman–Crippen LogP) is 3.06. The molecular weight excluding hydrogens is 342 g/mol. The number of benzene rings is 1. The number of amides is 1. The molecule has 4 rings (SSSR count). The van der Waals surface area contributed by atoms with E-state index < -0.39 is 0 Å². The quantitative estimate of drug-likeness (QED) is 0.834. The van der Waals surface area contributed by atoms with Gasteiger partial charge in [-0.3, -0.25) is 4.79 Å². The van der Waals surface area contributed by atoms with Gasteiger partial charge in [0.15, 0.2) is 5.75 Å². The summed E-state index contributed by atoms with van der Waals surface area (Å²) in [6.07, 6.45) is 6.07. The maximum absolute atomic E-state index is 12.8. The third kappa shape index (κ3) is 3.08. The van der Waals surface area contributed by atoms with E-state index in [1.807, 2.05) is 4.90 Å². The summed E-state index contributed by atoms with van der Waals surface area (Å²) in [5.74, 6) is 0.662. The number of ether oxygens (including phenoxy) is 2. The summed E-state index contributed by atoms with van der Waals surface area (Å²) in [5.41, 5.74) is 4.08. The van der Waals surface area contributed by atoms with E-state index in [2.05, 4.69) is 35.1 Å². The summed E-state index contributed by atoms with van der Waals surface area (Å²) in [6.45, 7) is 3.55. The Morgan fingerprint density at radius 1 is 1.19 bits per heavy atom. The highest BCUT2D eigenvalue weighted by Gasteiger charge is 2.46. The third-order valence-corrected chi connectivity index (χ3v) is 6.05. The number of likely N-dealkylation sites (tertiary alicyclic amines) is 1. The van der Waals surface area contributed by atoms with Gasteiger partial charge in [-0.15, -0.1) is 0 Å². The molecule has 6 nitrogen and oxygen atoms in total. The van der Waals surface area contributed by atoms with Crippen molar-refractivity contribution in [2.75, 3.05) is 27.3 Å². The molecular formula is C21H25N3O3. The van der Waals surface area contributed by atoms with Gasteiger partial charge < -0.3 is 14.4 Å². The fraction of sp³-hybridized carbons (Fsp3) is 0.476. The summed E-state index contributed by atoms with van der Waals surface area (Å²) in [5, 5.41) is 0. The van der Waals surface area contributed by atoms with Crippen molar-refractivity contribution < 1.29 is 14.3 Å². The third-order valence-electron chi connectivity index (χ3n) is 6.05. The summed E-state index contributed by atoms with van der Waals surface area (Å²) in [6, 6.07) is 6.66. The molecule has 0 radical (unpaired) electrons. The van der Waals surface area contributed by atoms with E-state index >= 15 is 0 Å². The number of piperidine rings is 1. The molecule has 1 aliphatic heterocycles. The highest BCUT2D eigenvalue weighted by Crippen LogP contribution is 2.52. The van der Waals surface area contributed by atoms with Crippen LogP contribution < -0.4 is 4.74 Å². The van der Waals surface area contributed by atoms with Gasteiger partial charge in [0.2, 0.25) is 5.82 Å². The predicted molar refractivity (Wildman–Crippen MR) is 101 cm³/mol. The second-order valence-corrected chi connectivity index (χ2v) is 7.54. The molecule has 142 valence electrons. The SMILES string of the molecule is COc1cnc(C(=O)N2CCC3(CC2)CC(OC)c2ccc(C)cc23)nc1. The van der Waals surface area contributed by atoms with Gasteiger partial charge in [-0.05, 0) is 37.3 Å². The molecule has 1 atom stereocenters. The Morgan fingerprint density at radius 2 is 1.89 bits per heavy atom. The molecule has 0 N–H and O–H groups in total. The Hall–Kier alpha value is -2.47. The first kappa shape index (κ1) is 17.9. The summed E-state index contributed by atoms with van der Waals surface area (Å²) < 4.78 is 10.8. The molecule has 27 heavy (non-hydrogen) atoms. The number of methoxy groups -OCH3 is 2. The number of aromatic nitrogens is 2. The number of carbonyl (C=O) groups is 1. The fourth-order valence-corrected chi connectivity index (χ4v) is 4.48. The summed E-state index contributed by atoms with van der Waals surface area (Å²) in [4.78, 5) is 22.9. The average molecular weight is 367 g/mol. The first-order valence-corrected chi connectivity index (χ1v) is 9.35. The van der Waals surface area contributed by atoms with Crippen molar-refractivity contribution in [3.63, 3.8) is 0 Å². The Kier molecular flexibility index (Phi) is 4.60. The van der Waals surface area contributed by atoms with Crippen molar-refractivity contribution in [2.24, 2.45) is 0 Å². The molecule has 1 fully saturated rings. The molecule has 0 saturated carbocycles. The smallest absolute Gasteiger partial charge is 0.291 e. The van der Waals surface area contributed by atoms with E-state index in [0.29, 0.717) is 18.8 Å². The van der Waals surface area contributed by atoms with Crippen LogP contribution in [0.15, 0.2) is 30.6 Å². The molecule has 6 heteroatoms. The lowest BCUT2D eigenvalue weighted by molar-refractivity contribution is 0.0550. The minimum atomic E-state index is -0.113. The van der Waals surface area contributed by atoms with Gasteiger partial charge in [0, 0.05) is 25.6 Å². The van der Waals surface area contributed by atoms with Crippen LogP contribution in [0, 0.1) is 6.92 Å². The lowest BCUT2D eigenvalue weighted by Gasteiger charge is -2.40.